The van der Waals surface area contributed by atoms with E-state index in [1.807, 2.05) is 29.2 Å². The van der Waals surface area contributed by atoms with Crippen LogP contribution in [0.1, 0.15) is 29.3 Å². The molecule has 18 heavy (non-hydrogen) atoms. The van der Waals surface area contributed by atoms with Gasteiger partial charge in [0.05, 0.1) is 12.7 Å². The first kappa shape index (κ1) is 13.1. The zero-order valence-electron chi connectivity index (χ0n) is 10.8. The average Bonchev–Trinajstić information content (AvgIpc) is 2.46. The van der Waals surface area contributed by atoms with E-state index in [0.717, 1.165) is 17.5 Å². The van der Waals surface area contributed by atoms with Crippen molar-refractivity contribution in [3.05, 3.63) is 35.4 Å². The zero-order chi connectivity index (χ0) is 13.0. The van der Waals surface area contributed by atoms with Gasteiger partial charge in [-0.1, -0.05) is 19.1 Å². The Morgan fingerprint density at radius 2 is 2.17 bits per heavy atom. The number of hydrogen-bond acceptors (Lipinski definition) is 3. The van der Waals surface area contributed by atoms with Crippen molar-refractivity contribution in [1.29, 1.82) is 0 Å². The summed E-state index contributed by atoms with van der Waals surface area (Å²) in [6, 6.07) is 7.51. The van der Waals surface area contributed by atoms with Crippen LogP contribution < -0.4 is 5.73 Å². The van der Waals surface area contributed by atoms with Crippen LogP contribution in [0.25, 0.3) is 0 Å². The zero-order valence-corrected chi connectivity index (χ0v) is 10.8. The van der Waals surface area contributed by atoms with Crippen LogP contribution in [0.5, 0.6) is 0 Å². The highest BCUT2D eigenvalue weighted by Gasteiger charge is 2.23. The summed E-state index contributed by atoms with van der Waals surface area (Å²) in [5.74, 6) is 0.0836. The van der Waals surface area contributed by atoms with E-state index in [9.17, 15) is 4.79 Å². The molecule has 2 rings (SSSR count). The second kappa shape index (κ2) is 5.98. The fourth-order valence-electron chi connectivity index (χ4n) is 2.12. The predicted molar refractivity (Wildman–Crippen MR) is 70.3 cm³/mol. The first-order valence-electron chi connectivity index (χ1n) is 6.44. The number of benzene rings is 1. The van der Waals surface area contributed by atoms with Gasteiger partial charge in [0.1, 0.15) is 0 Å². The Morgan fingerprint density at radius 1 is 1.44 bits per heavy atom. The molecule has 0 spiro atoms. The minimum atomic E-state index is 0.0836. The minimum absolute atomic E-state index is 0.0836. The lowest BCUT2D eigenvalue weighted by Gasteiger charge is -2.32. The molecule has 4 nitrogen and oxygen atoms in total. The third-order valence-corrected chi connectivity index (χ3v) is 3.32. The van der Waals surface area contributed by atoms with Crippen molar-refractivity contribution in [2.24, 2.45) is 5.73 Å². The number of carbonyl (C=O) groups is 1. The molecule has 1 amide bonds. The molecule has 0 saturated carbocycles. The summed E-state index contributed by atoms with van der Waals surface area (Å²) in [4.78, 5) is 14.2. The molecule has 1 aromatic rings. The Hall–Kier alpha value is -1.39. The monoisotopic (exact) mass is 248 g/mol. The molecule has 98 valence electrons. The molecule has 1 saturated heterocycles. The Kier molecular flexibility index (Phi) is 4.33. The van der Waals surface area contributed by atoms with Crippen molar-refractivity contribution < 1.29 is 9.53 Å². The van der Waals surface area contributed by atoms with E-state index >= 15 is 0 Å². The van der Waals surface area contributed by atoms with Crippen molar-refractivity contribution in [3.63, 3.8) is 0 Å². The van der Waals surface area contributed by atoms with Gasteiger partial charge in [0.25, 0.3) is 5.91 Å². The van der Waals surface area contributed by atoms with E-state index in [1.54, 1.807) is 0 Å². The summed E-state index contributed by atoms with van der Waals surface area (Å²) in [6.07, 6.45) is 1.11. The molecule has 1 atom stereocenters. The van der Waals surface area contributed by atoms with Gasteiger partial charge in [-0.2, -0.15) is 0 Å². The third-order valence-electron chi connectivity index (χ3n) is 3.32. The highest BCUT2D eigenvalue weighted by molar-refractivity contribution is 5.94. The summed E-state index contributed by atoms with van der Waals surface area (Å²) in [7, 11) is 0. The topological polar surface area (TPSA) is 55.6 Å². The van der Waals surface area contributed by atoms with Gasteiger partial charge in [0.2, 0.25) is 0 Å². The maximum absolute atomic E-state index is 12.3. The van der Waals surface area contributed by atoms with Crippen molar-refractivity contribution in [2.75, 3.05) is 19.7 Å². The van der Waals surface area contributed by atoms with E-state index in [0.29, 0.717) is 26.2 Å². The van der Waals surface area contributed by atoms with E-state index < -0.39 is 0 Å². The molecule has 1 heterocycles. The summed E-state index contributed by atoms with van der Waals surface area (Å²) in [6.45, 7) is 4.58. The summed E-state index contributed by atoms with van der Waals surface area (Å²) >= 11 is 0. The first-order chi connectivity index (χ1) is 8.74. The molecule has 0 aliphatic carbocycles. The molecular formula is C14H20N2O2. The van der Waals surface area contributed by atoms with Gasteiger partial charge >= 0.3 is 0 Å². The lowest BCUT2D eigenvalue weighted by molar-refractivity contribution is -0.0226. The molecule has 2 N–H and O–H groups in total. The molecule has 1 aliphatic rings. The van der Waals surface area contributed by atoms with Gasteiger partial charge in [0, 0.05) is 25.2 Å². The number of nitrogens with two attached hydrogens (primary N) is 1. The normalized spacial score (nSPS) is 19.9. The highest BCUT2D eigenvalue weighted by atomic mass is 16.5. The highest BCUT2D eigenvalue weighted by Crippen LogP contribution is 2.13. The molecule has 1 unspecified atom stereocenters. The van der Waals surface area contributed by atoms with E-state index in [-0.39, 0.29) is 12.0 Å². The maximum atomic E-state index is 12.3. The second-order valence-electron chi connectivity index (χ2n) is 4.55. The van der Waals surface area contributed by atoms with Gasteiger partial charge in [-0.15, -0.1) is 0 Å². The molecule has 1 fully saturated rings. The van der Waals surface area contributed by atoms with Crippen molar-refractivity contribution in [1.82, 2.24) is 4.90 Å². The quantitative estimate of drug-likeness (QED) is 0.879. The lowest BCUT2D eigenvalue weighted by Crippen LogP contribution is -2.45. The number of hydrogen-bond donors (Lipinski definition) is 1. The minimum Gasteiger partial charge on any atom is -0.375 e. The Balaban J connectivity index is 2.05. The average molecular weight is 248 g/mol. The number of ether oxygens (including phenoxy) is 1. The Labute approximate surface area is 108 Å². The van der Waals surface area contributed by atoms with Crippen LogP contribution in [0.15, 0.2) is 24.3 Å². The second-order valence-corrected chi connectivity index (χ2v) is 4.55. The third kappa shape index (κ3) is 2.89. The van der Waals surface area contributed by atoms with Crippen LogP contribution in [0.2, 0.25) is 0 Å². The van der Waals surface area contributed by atoms with Gasteiger partial charge in [-0.25, -0.2) is 0 Å². The van der Waals surface area contributed by atoms with Crippen LogP contribution >= 0.6 is 0 Å². The molecule has 1 aliphatic heterocycles. The van der Waals surface area contributed by atoms with Crippen LogP contribution in [-0.4, -0.2) is 36.6 Å². The molecular weight excluding hydrogens is 228 g/mol. The van der Waals surface area contributed by atoms with E-state index in [1.165, 1.54) is 0 Å². The predicted octanol–water partition coefficient (Wildman–Crippen LogP) is 1.40. The van der Waals surface area contributed by atoms with Gasteiger partial charge < -0.3 is 15.4 Å². The fourth-order valence-corrected chi connectivity index (χ4v) is 2.12. The largest absolute Gasteiger partial charge is 0.375 e. The molecule has 4 heteroatoms. The lowest BCUT2D eigenvalue weighted by atomic mass is 10.1. The van der Waals surface area contributed by atoms with Crippen LogP contribution in [0.4, 0.5) is 0 Å². The summed E-state index contributed by atoms with van der Waals surface area (Å²) < 4.78 is 5.57. The number of rotatable bonds is 3. The van der Waals surface area contributed by atoms with E-state index in [4.69, 9.17) is 10.5 Å². The fraction of sp³-hybridized carbons (Fsp3) is 0.500. The smallest absolute Gasteiger partial charge is 0.254 e. The molecule has 1 aromatic carbocycles. The van der Waals surface area contributed by atoms with Gasteiger partial charge in [-0.05, 0) is 24.1 Å². The van der Waals surface area contributed by atoms with Crippen LogP contribution in [0.3, 0.4) is 0 Å². The van der Waals surface area contributed by atoms with Crippen molar-refractivity contribution >= 4 is 5.91 Å². The molecule has 0 aromatic heterocycles. The number of morpholine rings is 1. The molecule has 0 radical (unpaired) electrons. The Morgan fingerprint density at radius 3 is 2.78 bits per heavy atom. The van der Waals surface area contributed by atoms with Gasteiger partial charge in [-0.3, -0.25) is 4.79 Å². The number of carbonyl (C=O) groups excluding carboxylic acids is 1. The Bertz CT molecular complexity index is 403. The van der Waals surface area contributed by atoms with Crippen LogP contribution in [-0.2, 0) is 11.3 Å². The molecule has 0 bridgehead atoms. The van der Waals surface area contributed by atoms with Crippen molar-refractivity contribution in [3.8, 4) is 0 Å². The van der Waals surface area contributed by atoms with Crippen LogP contribution in [0, 0.1) is 0 Å². The summed E-state index contributed by atoms with van der Waals surface area (Å²) in [5.41, 5.74) is 7.31. The number of nitrogens with zero attached hydrogens (tertiary/aromatic N) is 1. The van der Waals surface area contributed by atoms with Gasteiger partial charge in [0.15, 0.2) is 0 Å². The maximum Gasteiger partial charge on any atom is 0.254 e. The number of amides is 1. The van der Waals surface area contributed by atoms with Crippen molar-refractivity contribution in [2.45, 2.75) is 26.0 Å². The first-order valence-corrected chi connectivity index (χ1v) is 6.44. The summed E-state index contributed by atoms with van der Waals surface area (Å²) in [5, 5.41) is 0. The van der Waals surface area contributed by atoms with E-state index in [2.05, 4.69) is 6.92 Å². The standard InChI is InChI=1S/C14H20N2O2/c1-2-13-10-16(7-8-18-13)14(17)12-5-3-11(9-15)4-6-12/h3-6,13H,2,7-10,15H2,1H3. The SMILES string of the molecule is CCC1CN(C(=O)c2ccc(CN)cc2)CCO1.